The predicted octanol–water partition coefficient (Wildman–Crippen LogP) is 3.04. The lowest BCUT2D eigenvalue weighted by molar-refractivity contribution is -0.115. The molecule has 2 amide bonds. The summed E-state index contributed by atoms with van der Waals surface area (Å²) in [6, 6.07) is 11.2. The second-order valence-corrected chi connectivity index (χ2v) is 7.59. The number of nitrogens with zero attached hydrogens (tertiary/aromatic N) is 3. The van der Waals surface area contributed by atoms with E-state index in [1.54, 1.807) is 11.0 Å². The van der Waals surface area contributed by atoms with E-state index in [1.165, 1.54) is 0 Å². The van der Waals surface area contributed by atoms with E-state index in [0.717, 1.165) is 11.2 Å². The Morgan fingerprint density at radius 2 is 1.94 bits per heavy atom. The van der Waals surface area contributed by atoms with Gasteiger partial charge < -0.3 is 23.8 Å². The average Bonchev–Trinajstić information content (AvgIpc) is 3.36. The third-order valence-corrected chi connectivity index (χ3v) is 5.42. The van der Waals surface area contributed by atoms with Crippen LogP contribution in [0.2, 0.25) is 0 Å². The second-order valence-electron chi connectivity index (χ2n) is 7.59. The van der Waals surface area contributed by atoms with Crippen molar-refractivity contribution >= 4 is 34.1 Å². The number of aryl methyl sites for hydroxylation is 1. The van der Waals surface area contributed by atoms with Gasteiger partial charge in [-0.1, -0.05) is 18.2 Å². The van der Waals surface area contributed by atoms with Crippen LogP contribution in [0.15, 0.2) is 53.2 Å². The predicted molar refractivity (Wildman–Crippen MR) is 115 cm³/mol. The van der Waals surface area contributed by atoms with E-state index in [4.69, 9.17) is 9.15 Å². The van der Waals surface area contributed by atoms with Gasteiger partial charge >= 0.3 is 0 Å². The van der Waals surface area contributed by atoms with Crippen LogP contribution in [0.25, 0.3) is 16.6 Å². The summed E-state index contributed by atoms with van der Waals surface area (Å²) >= 11 is 0. The molecule has 0 unspecified atom stereocenters. The number of nitrogens with one attached hydrogen (secondary N) is 1. The molecule has 0 bridgehead atoms. The number of morpholine rings is 1. The Labute approximate surface area is 178 Å². The van der Waals surface area contributed by atoms with Gasteiger partial charge in [-0.2, -0.15) is 0 Å². The van der Waals surface area contributed by atoms with Gasteiger partial charge in [0.05, 0.1) is 25.3 Å². The standard InChI is InChI=1S/C23H22N4O4/c1-15-5-4-8-27-14-16(24-22(15)27)13-19(28)25-20-17-6-2-3-7-18(17)31-21(20)23(29)26-9-11-30-12-10-26/h2-8,14H,9-13H2,1H3,(H,25,28). The number of pyridine rings is 1. The van der Waals surface area contributed by atoms with E-state index in [-0.39, 0.29) is 24.0 Å². The van der Waals surface area contributed by atoms with Crippen molar-refractivity contribution in [2.45, 2.75) is 13.3 Å². The fourth-order valence-electron chi connectivity index (χ4n) is 3.87. The zero-order valence-electron chi connectivity index (χ0n) is 17.1. The molecule has 4 heterocycles. The van der Waals surface area contributed by atoms with Crippen LogP contribution in [0.1, 0.15) is 21.8 Å². The van der Waals surface area contributed by atoms with E-state index in [0.29, 0.717) is 48.7 Å². The number of imidazole rings is 1. The van der Waals surface area contributed by atoms with Crippen molar-refractivity contribution in [2.24, 2.45) is 0 Å². The number of fused-ring (bicyclic) bond motifs is 2. The van der Waals surface area contributed by atoms with Crippen molar-refractivity contribution in [3.05, 3.63) is 65.8 Å². The Kier molecular flexibility index (Phi) is 4.91. The summed E-state index contributed by atoms with van der Waals surface area (Å²) in [5, 5.41) is 3.59. The first-order valence-corrected chi connectivity index (χ1v) is 10.2. The molecule has 1 fully saturated rings. The number of hydrogen-bond acceptors (Lipinski definition) is 5. The van der Waals surface area contributed by atoms with Crippen LogP contribution in [-0.4, -0.2) is 52.4 Å². The molecule has 1 N–H and O–H groups in total. The minimum Gasteiger partial charge on any atom is -0.449 e. The van der Waals surface area contributed by atoms with Crippen molar-refractivity contribution in [2.75, 3.05) is 31.6 Å². The Morgan fingerprint density at radius 1 is 1.13 bits per heavy atom. The quantitative estimate of drug-likeness (QED) is 0.550. The number of anilines is 1. The summed E-state index contributed by atoms with van der Waals surface area (Å²) in [4.78, 5) is 32.2. The number of amides is 2. The zero-order chi connectivity index (χ0) is 21.4. The first-order valence-electron chi connectivity index (χ1n) is 10.2. The fourth-order valence-corrected chi connectivity index (χ4v) is 3.87. The smallest absolute Gasteiger partial charge is 0.291 e. The number of ether oxygens (including phenoxy) is 1. The number of rotatable bonds is 4. The molecule has 0 radical (unpaired) electrons. The molecular formula is C23H22N4O4. The Morgan fingerprint density at radius 3 is 2.74 bits per heavy atom. The maximum absolute atomic E-state index is 13.1. The summed E-state index contributed by atoms with van der Waals surface area (Å²) < 4.78 is 13.1. The second kappa shape index (κ2) is 7.88. The molecule has 0 atom stereocenters. The Bertz CT molecular complexity index is 1280. The Hall–Kier alpha value is -3.65. The van der Waals surface area contributed by atoms with Crippen molar-refractivity contribution in [1.29, 1.82) is 0 Å². The molecule has 8 nitrogen and oxygen atoms in total. The first-order chi connectivity index (χ1) is 15.1. The van der Waals surface area contributed by atoms with E-state index in [1.807, 2.05) is 54.0 Å². The van der Waals surface area contributed by atoms with E-state index in [2.05, 4.69) is 10.3 Å². The molecular weight excluding hydrogens is 396 g/mol. The van der Waals surface area contributed by atoms with Crippen molar-refractivity contribution in [1.82, 2.24) is 14.3 Å². The summed E-state index contributed by atoms with van der Waals surface area (Å²) in [5.41, 5.74) is 3.46. The third-order valence-electron chi connectivity index (χ3n) is 5.42. The van der Waals surface area contributed by atoms with E-state index < -0.39 is 0 Å². The minimum atomic E-state index is -0.261. The molecule has 158 valence electrons. The highest BCUT2D eigenvalue weighted by Crippen LogP contribution is 2.32. The maximum Gasteiger partial charge on any atom is 0.291 e. The molecule has 0 aliphatic carbocycles. The van der Waals surface area contributed by atoms with Crippen molar-refractivity contribution in [3.8, 4) is 0 Å². The molecule has 0 spiro atoms. The normalized spacial score (nSPS) is 14.3. The van der Waals surface area contributed by atoms with Crippen LogP contribution < -0.4 is 5.32 Å². The number of furan rings is 1. The van der Waals surface area contributed by atoms with Crippen molar-refractivity contribution in [3.63, 3.8) is 0 Å². The molecule has 1 aliphatic rings. The van der Waals surface area contributed by atoms with E-state index >= 15 is 0 Å². The lowest BCUT2D eigenvalue weighted by atomic mass is 10.2. The van der Waals surface area contributed by atoms with Gasteiger partial charge in [-0.05, 0) is 30.7 Å². The number of para-hydroxylation sites is 1. The van der Waals surface area contributed by atoms with Crippen LogP contribution in [0.3, 0.4) is 0 Å². The zero-order valence-corrected chi connectivity index (χ0v) is 17.1. The van der Waals surface area contributed by atoms with Gasteiger partial charge in [0.25, 0.3) is 5.91 Å². The summed E-state index contributed by atoms with van der Waals surface area (Å²) in [6.45, 7) is 3.93. The number of benzene rings is 1. The molecule has 1 aliphatic heterocycles. The lowest BCUT2D eigenvalue weighted by Crippen LogP contribution is -2.40. The van der Waals surface area contributed by atoms with Gasteiger partial charge in [0, 0.05) is 30.9 Å². The highest BCUT2D eigenvalue weighted by molar-refractivity contribution is 6.11. The van der Waals surface area contributed by atoms with E-state index in [9.17, 15) is 9.59 Å². The molecule has 3 aromatic heterocycles. The van der Waals surface area contributed by atoms with Crippen LogP contribution >= 0.6 is 0 Å². The minimum absolute atomic E-state index is 0.0891. The summed E-state index contributed by atoms with van der Waals surface area (Å²) in [5.74, 6) is -0.371. The third kappa shape index (κ3) is 3.66. The summed E-state index contributed by atoms with van der Waals surface area (Å²) in [6.07, 6.45) is 3.83. The monoisotopic (exact) mass is 418 g/mol. The number of carbonyl (C=O) groups is 2. The largest absolute Gasteiger partial charge is 0.449 e. The highest BCUT2D eigenvalue weighted by Gasteiger charge is 2.27. The number of aromatic nitrogens is 2. The molecule has 31 heavy (non-hydrogen) atoms. The average molecular weight is 418 g/mol. The number of hydrogen-bond donors (Lipinski definition) is 1. The fraction of sp³-hybridized carbons (Fsp3) is 0.261. The van der Waals surface area contributed by atoms with Crippen LogP contribution in [0.4, 0.5) is 5.69 Å². The molecule has 4 aromatic rings. The lowest BCUT2D eigenvalue weighted by Gasteiger charge is -2.26. The SMILES string of the molecule is Cc1cccn2cc(CC(=O)Nc3c(C(=O)N4CCOCC4)oc4ccccc34)nc12. The van der Waals surface area contributed by atoms with Crippen LogP contribution in [0.5, 0.6) is 0 Å². The van der Waals surface area contributed by atoms with Gasteiger partial charge in [-0.15, -0.1) is 0 Å². The van der Waals surface area contributed by atoms with Crippen molar-refractivity contribution < 1.29 is 18.7 Å². The highest BCUT2D eigenvalue weighted by atomic mass is 16.5. The van der Waals surface area contributed by atoms with Crippen LogP contribution in [0, 0.1) is 6.92 Å². The molecule has 8 heteroatoms. The molecule has 1 saturated heterocycles. The molecule has 0 saturated carbocycles. The summed E-state index contributed by atoms with van der Waals surface area (Å²) in [7, 11) is 0. The van der Waals surface area contributed by atoms with Gasteiger partial charge in [-0.3, -0.25) is 9.59 Å². The van der Waals surface area contributed by atoms with Gasteiger partial charge in [0.2, 0.25) is 11.7 Å². The number of carbonyl (C=O) groups excluding carboxylic acids is 2. The molecule has 5 rings (SSSR count). The van der Waals surface area contributed by atoms with Gasteiger partial charge in [-0.25, -0.2) is 4.98 Å². The first kappa shape index (κ1) is 19.3. The van der Waals surface area contributed by atoms with Gasteiger partial charge in [0.15, 0.2) is 0 Å². The maximum atomic E-state index is 13.1. The molecule has 1 aromatic carbocycles. The van der Waals surface area contributed by atoms with Crippen LogP contribution in [-0.2, 0) is 16.0 Å². The van der Waals surface area contributed by atoms with Gasteiger partial charge in [0.1, 0.15) is 16.9 Å². The topological polar surface area (TPSA) is 89.1 Å². The Balaban J connectivity index is 1.43.